The van der Waals surface area contributed by atoms with Crippen molar-refractivity contribution in [3.63, 3.8) is 0 Å². The van der Waals surface area contributed by atoms with Gasteiger partial charge in [0.05, 0.1) is 10.6 Å². The first-order chi connectivity index (χ1) is 7.66. The number of benzene rings is 1. The SMILES string of the molecule is O=C(N[C@H]1CCNC1)c1cc(O)ccc1Cl. The Morgan fingerprint density at radius 2 is 2.38 bits per heavy atom. The number of hydrogen-bond donors (Lipinski definition) is 3. The summed E-state index contributed by atoms with van der Waals surface area (Å²) in [4.78, 5) is 11.8. The molecule has 1 saturated heterocycles. The van der Waals surface area contributed by atoms with Crippen LogP contribution in [0.5, 0.6) is 5.75 Å². The molecule has 0 aliphatic carbocycles. The molecule has 1 fully saturated rings. The summed E-state index contributed by atoms with van der Waals surface area (Å²) >= 11 is 5.89. The molecule has 0 spiro atoms. The van der Waals surface area contributed by atoms with Gasteiger partial charge in [0.1, 0.15) is 5.75 Å². The van der Waals surface area contributed by atoms with Crippen molar-refractivity contribution in [2.75, 3.05) is 13.1 Å². The first-order valence-corrected chi connectivity index (χ1v) is 5.54. The smallest absolute Gasteiger partial charge is 0.253 e. The van der Waals surface area contributed by atoms with Crippen molar-refractivity contribution in [2.45, 2.75) is 12.5 Å². The van der Waals surface area contributed by atoms with Gasteiger partial charge in [0.25, 0.3) is 5.91 Å². The number of nitrogens with one attached hydrogen (secondary N) is 2. The van der Waals surface area contributed by atoms with Crippen LogP contribution in [0.1, 0.15) is 16.8 Å². The molecule has 0 unspecified atom stereocenters. The normalized spacial score (nSPS) is 19.7. The van der Waals surface area contributed by atoms with Crippen LogP contribution in [0, 0.1) is 0 Å². The fraction of sp³-hybridized carbons (Fsp3) is 0.364. The van der Waals surface area contributed by atoms with E-state index in [1.54, 1.807) is 0 Å². The zero-order chi connectivity index (χ0) is 11.5. The Hall–Kier alpha value is -1.26. The maximum atomic E-state index is 11.8. The Labute approximate surface area is 98.6 Å². The molecule has 1 aromatic rings. The van der Waals surface area contributed by atoms with Gasteiger partial charge in [-0.3, -0.25) is 4.79 Å². The van der Waals surface area contributed by atoms with E-state index >= 15 is 0 Å². The Morgan fingerprint density at radius 3 is 3.06 bits per heavy atom. The molecule has 16 heavy (non-hydrogen) atoms. The number of phenols is 1. The average molecular weight is 241 g/mol. The van der Waals surface area contributed by atoms with Crippen molar-refractivity contribution in [2.24, 2.45) is 0 Å². The van der Waals surface area contributed by atoms with Crippen LogP contribution in [0.3, 0.4) is 0 Å². The Morgan fingerprint density at radius 1 is 1.56 bits per heavy atom. The molecule has 1 amide bonds. The number of phenolic OH excluding ortho intramolecular Hbond substituents is 1. The van der Waals surface area contributed by atoms with Gasteiger partial charge in [0.2, 0.25) is 0 Å². The van der Waals surface area contributed by atoms with E-state index in [4.69, 9.17) is 11.6 Å². The molecule has 1 aliphatic heterocycles. The van der Waals surface area contributed by atoms with Crippen LogP contribution in [0.4, 0.5) is 0 Å². The number of halogens is 1. The minimum absolute atomic E-state index is 0.0408. The summed E-state index contributed by atoms with van der Waals surface area (Å²) < 4.78 is 0. The first kappa shape index (κ1) is 11.2. The summed E-state index contributed by atoms with van der Waals surface area (Å²) in [6, 6.07) is 4.49. The average Bonchev–Trinajstić information content (AvgIpc) is 2.74. The van der Waals surface area contributed by atoms with E-state index in [0.717, 1.165) is 19.5 Å². The topological polar surface area (TPSA) is 61.4 Å². The Bertz CT molecular complexity index is 403. The largest absolute Gasteiger partial charge is 0.508 e. The second-order valence-corrected chi connectivity index (χ2v) is 4.23. The fourth-order valence-corrected chi connectivity index (χ4v) is 1.93. The van der Waals surface area contributed by atoms with E-state index in [2.05, 4.69) is 10.6 Å². The van der Waals surface area contributed by atoms with Crippen molar-refractivity contribution in [3.8, 4) is 5.75 Å². The lowest BCUT2D eigenvalue weighted by atomic mass is 10.1. The fourth-order valence-electron chi connectivity index (χ4n) is 1.73. The Balaban J connectivity index is 2.10. The molecule has 2 rings (SSSR count). The third kappa shape index (κ3) is 2.46. The third-order valence-electron chi connectivity index (χ3n) is 2.59. The van der Waals surface area contributed by atoms with E-state index < -0.39 is 0 Å². The van der Waals surface area contributed by atoms with Crippen molar-refractivity contribution in [1.29, 1.82) is 0 Å². The summed E-state index contributed by atoms with van der Waals surface area (Å²) in [6.45, 7) is 1.70. The zero-order valence-corrected chi connectivity index (χ0v) is 9.42. The van der Waals surface area contributed by atoms with Crippen LogP contribution in [-0.4, -0.2) is 30.1 Å². The van der Waals surface area contributed by atoms with Crippen molar-refractivity contribution < 1.29 is 9.90 Å². The summed E-state index contributed by atoms with van der Waals surface area (Å²) in [5.74, 6) is -0.200. The quantitative estimate of drug-likeness (QED) is 0.727. The number of carbonyl (C=O) groups excluding carboxylic acids is 1. The highest BCUT2D eigenvalue weighted by molar-refractivity contribution is 6.33. The summed E-state index contributed by atoms with van der Waals surface area (Å²) in [7, 11) is 0. The number of hydrogen-bond acceptors (Lipinski definition) is 3. The molecule has 1 atom stereocenters. The van der Waals surface area contributed by atoms with Crippen LogP contribution >= 0.6 is 11.6 Å². The van der Waals surface area contributed by atoms with E-state index in [1.807, 2.05) is 0 Å². The molecule has 86 valence electrons. The van der Waals surface area contributed by atoms with Gasteiger partial charge >= 0.3 is 0 Å². The van der Waals surface area contributed by atoms with Gasteiger partial charge in [-0.1, -0.05) is 11.6 Å². The second-order valence-electron chi connectivity index (χ2n) is 3.83. The maximum Gasteiger partial charge on any atom is 0.253 e. The lowest BCUT2D eigenvalue weighted by molar-refractivity contribution is 0.0940. The van der Waals surface area contributed by atoms with Gasteiger partial charge in [-0.25, -0.2) is 0 Å². The van der Waals surface area contributed by atoms with Crippen LogP contribution in [0.25, 0.3) is 0 Å². The number of carbonyl (C=O) groups is 1. The van der Waals surface area contributed by atoms with Gasteiger partial charge in [0, 0.05) is 12.6 Å². The lowest BCUT2D eigenvalue weighted by Crippen LogP contribution is -2.36. The van der Waals surface area contributed by atoms with Gasteiger partial charge in [-0.05, 0) is 31.2 Å². The number of aromatic hydroxyl groups is 1. The predicted molar refractivity (Wildman–Crippen MR) is 61.9 cm³/mol. The van der Waals surface area contributed by atoms with Crippen LogP contribution in [0.2, 0.25) is 5.02 Å². The molecule has 0 bridgehead atoms. The van der Waals surface area contributed by atoms with Crippen LogP contribution in [-0.2, 0) is 0 Å². The van der Waals surface area contributed by atoms with Gasteiger partial charge in [-0.2, -0.15) is 0 Å². The molecule has 1 heterocycles. The molecule has 5 heteroatoms. The summed E-state index contributed by atoms with van der Waals surface area (Å²) in [5, 5.41) is 15.7. The van der Waals surface area contributed by atoms with Crippen molar-refractivity contribution in [1.82, 2.24) is 10.6 Å². The van der Waals surface area contributed by atoms with Crippen molar-refractivity contribution >= 4 is 17.5 Å². The number of rotatable bonds is 2. The lowest BCUT2D eigenvalue weighted by Gasteiger charge is -2.12. The number of amides is 1. The maximum absolute atomic E-state index is 11.8. The third-order valence-corrected chi connectivity index (χ3v) is 2.92. The zero-order valence-electron chi connectivity index (χ0n) is 8.66. The van der Waals surface area contributed by atoms with E-state index in [0.29, 0.717) is 10.6 Å². The highest BCUT2D eigenvalue weighted by atomic mass is 35.5. The van der Waals surface area contributed by atoms with Crippen LogP contribution in [0.15, 0.2) is 18.2 Å². The van der Waals surface area contributed by atoms with E-state index in [9.17, 15) is 9.90 Å². The molecule has 1 aliphatic rings. The molecular formula is C11H13ClN2O2. The van der Waals surface area contributed by atoms with Gasteiger partial charge in [0.15, 0.2) is 0 Å². The predicted octanol–water partition coefficient (Wildman–Crippen LogP) is 1.14. The molecular weight excluding hydrogens is 228 g/mol. The van der Waals surface area contributed by atoms with Gasteiger partial charge < -0.3 is 15.7 Å². The highest BCUT2D eigenvalue weighted by Crippen LogP contribution is 2.21. The molecule has 0 aromatic heterocycles. The molecule has 0 saturated carbocycles. The monoisotopic (exact) mass is 240 g/mol. The molecule has 1 aromatic carbocycles. The minimum atomic E-state index is -0.241. The van der Waals surface area contributed by atoms with E-state index in [1.165, 1.54) is 18.2 Å². The molecule has 4 nitrogen and oxygen atoms in total. The second kappa shape index (κ2) is 4.72. The molecule has 3 N–H and O–H groups in total. The highest BCUT2D eigenvalue weighted by Gasteiger charge is 2.19. The summed E-state index contributed by atoms with van der Waals surface area (Å²) in [5.41, 5.74) is 0.313. The standard InChI is InChI=1S/C11H13ClN2O2/c12-10-2-1-8(15)5-9(10)11(16)14-7-3-4-13-6-7/h1-2,5,7,13,15H,3-4,6H2,(H,14,16)/t7-/m0/s1. The van der Waals surface area contributed by atoms with Crippen molar-refractivity contribution in [3.05, 3.63) is 28.8 Å². The minimum Gasteiger partial charge on any atom is -0.508 e. The van der Waals surface area contributed by atoms with Gasteiger partial charge in [-0.15, -0.1) is 0 Å². The van der Waals surface area contributed by atoms with Crippen LogP contribution < -0.4 is 10.6 Å². The Kier molecular flexibility index (Phi) is 3.31. The summed E-state index contributed by atoms with van der Waals surface area (Å²) in [6.07, 6.45) is 0.919. The first-order valence-electron chi connectivity index (χ1n) is 5.17. The van der Waals surface area contributed by atoms with E-state index in [-0.39, 0.29) is 17.7 Å². The molecule has 0 radical (unpaired) electrons.